The summed E-state index contributed by atoms with van der Waals surface area (Å²) in [6.45, 7) is 2.51. The van der Waals surface area contributed by atoms with Crippen LogP contribution in [-0.4, -0.2) is 39.5 Å². The Morgan fingerprint density at radius 2 is 1.92 bits per heavy atom. The van der Waals surface area contributed by atoms with Gasteiger partial charge in [0.1, 0.15) is 28.7 Å². The highest BCUT2D eigenvalue weighted by atomic mass is 35.5. The number of nitrogens with one attached hydrogen (secondary N) is 1. The monoisotopic (exact) mass is 594 g/mol. The standard InChI is InChI=1S/C25H21Cl2FN4O4S2/c1-3-32-20(11-36-19-9-8-16(28)10-18(19)27)30-31-25(32)38-13-21(33)29-23-22(24(34)35-2)17(12-37-23)14-4-6-15(26)7-5-14/h4-10,12H,3,11,13H2,1-2H3,(H,29,33). The number of amides is 1. The first kappa shape index (κ1) is 27.9. The number of hydrogen-bond acceptors (Lipinski definition) is 8. The molecule has 2 aromatic carbocycles. The molecule has 8 nitrogen and oxygen atoms in total. The molecular formula is C25H21Cl2FN4O4S2. The van der Waals surface area contributed by atoms with Gasteiger partial charge in [0, 0.05) is 22.5 Å². The average Bonchev–Trinajstić information content (AvgIpc) is 3.50. The van der Waals surface area contributed by atoms with Gasteiger partial charge in [0.25, 0.3) is 0 Å². The van der Waals surface area contributed by atoms with Crippen LogP contribution < -0.4 is 10.1 Å². The fourth-order valence-electron chi connectivity index (χ4n) is 3.47. The molecule has 13 heteroatoms. The highest BCUT2D eigenvalue weighted by molar-refractivity contribution is 7.99. The second-order valence-corrected chi connectivity index (χ2v) is 10.4. The lowest BCUT2D eigenvalue weighted by Gasteiger charge is -2.10. The number of rotatable bonds is 10. The van der Waals surface area contributed by atoms with E-state index in [0.717, 1.165) is 5.56 Å². The van der Waals surface area contributed by atoms with E-state index in [1.807, 2.05) is 6.92 Å². The third-order valence-electron chi connectivity index (χ3n) is 5.28. The molecule has 0 saturated heterocycles. The number of carbonyl (C=O) groups is 2. The number of benzene rings is 2. The minimum absolute atomic E-state index is 0.0254. The minimum atomic E-state index is -0.559. The van der Waals surface area contributed by atoms with Crippen molar-refractivity contribution >= 4 is 63.2 Å². The van der Waals surface area contributed by atoms with Gasteiger partial charge in [-0.25, -0.2) is 9.18 Å². The molecule has 198 valence electrons. The van der Waals surface area contributed by atoms with Crippen molar-refractivity contribution in [1.29, 1.82) is 0 Å². The first-order chi connectivity index (χ1) is 18.3. The van der Waals surface area contributed by atoms with Gasteiger partial charge in [0.05, 0.1) is 17.9 Å². The Bertz CT molecular complexity index is 1460. The van der Waals surface area contributed by atoms with Gasteiger partial charge in [-0.2, -0.15) is 0 Å². The molecule has 38 heavy (non-hydrogen) atoms. The Labute approximate surface area is 236 Å². The number of thiophene rings is 1. The van der Waals surface area contributed by atoms with E-state index in [2.05, 4.69) is 15.5 Å². The van der Waals surface area contributed by atoms with Crippen molar-refractivity contribution in [3.05, 3.63) is 75.1 Å². The summed E-state index contributed by atoms with van der Waals surface area (Å²) in [5.74, 6) is -0.477. The van der Waals surface area contributed by atoms with Crippen LogP contribution in [0.15, 0.2) is 53.0 Å². The molecule has 0 aliphatic heterocycles. The van der Waals surface area contributed by atoms with Crippen LogP contribution in [0.4, 0.5) is 9.39 Å². The van der Waals surface area contributed by atoms with Gasteiger partial charge in [-0.05, 0) is 42.8 Å². The highest BCUT2D eigenvalue weighted by Crippen LogP contribution is 2.37. The van der Waals surface area contributed by atoms with Crippen LogP contribution >= 0.6 is 46.3 Å². The van der Waals surface area contributed by atoms with Crippen molar-refractivity contribution < 1.29 is 23.5 Å². The van der Waals surface area contributed by atoms with Crippen LogP contribution in [0.2, 0.25) is 10.0 Å². The van der Waals surface area contributed by atoms with Crippen LogP contribution in [0.25, 0.3) is 11.1 Å². The van der Waals surface area contributed by atoms with Crippen molar-refractivity contribution in [2.45, 2.75) is 25.2 Å². The molecule has 2 aromatic heterocycles. The van der Waals surface area contributed by atoms with Gasteiger partial charge in [-0.15, -0.1) is 21.5 Å². The van der Waals surface area contributed by atoms with E-state index in [1.165, 1.54) is 48.4 Å². The number of methoxy groups -OCH3 is 1. The summed E-state index contributed by atoms with van der Waals surface area (Å²) < 4.78 is 25.7. The molecule has 0 unspecified atom stereocenters. The van der Waals surface area contributed by atoms with Gasteiger partial charge in [0.15, 0.2) is 11.0 Å². The lowest BCUT2D eigenvalue weighted by Crippen LogP contribution is -2.16. The molecule has 0 aliphatic rings. The predicted octanol–water partition coefficient (Wildman–Crippen LogP) is 6.57. The van der Waals surface area contributed by atoms with E-state index in [-0.39, 0.29) is 28.9 Å². The quantitative estimate of drug-likeness (QED) is 0.164. The Kier molecular flexibility index (Phi) is 9.26. The molecule has 4 aromatic rings. The largest absolute Gasteiger partial charge is 0.484 e. The highest BCUT2D eigenvalue weighted by Gasteiger charge is 2.23. The second-order valence-electron chi connectivity index (χ2n) is 7.70. The average molecular weight is 596 g/mol. The summed E-state index contributed by atoms with van der Waals surface area (Å²) in [7, 11) is 1.29. The van der Waals surface area contributed by atoms with Crippen molar-refractivity contribution in [2.75, 3.05) is 18.2 Å². The Hall–Kier alpha value is -3.12. The molecule has 0 spiro atoms. The van der Waals surface area contributed by atoms with Crippen molar-refractivity contribution in [2.24, 2.45) is 0 Å². The fraction of sp³-hybridized carbons (Fsp3) is 0.200. The van der Waals surface area contributed by atoms with Crippen LogP contribution in [0, 0.1) is 5.82 Å². The number of nitrogens with zero attached hydrogens (tertiary/aromatic N) is 3. The van der Waals surface area contributed by atoms with E-state index in [4.69, 9.17) is 32.7 Å². The SMILES string of the molecule is CCn1c(COc2ccc(F)cc2Cl)nnc1SCC(=O)Nc1scc(-c2ccc(Cl)cc2)c1C(=O)OC. The third kappa shape index (κ3) is 6.47. The maximum atomic E-state index is 13.3. The smallest absolute Gasteiger partial charge is 0.341 e. The number of esters is 1. The van der Waals surface area contributed by atoms with Crippen LogP contribution in [0.3, 0.4) is 0 Å². The van der Waals surface area contributed by atoms with E-state index >= 15 is 0 Å². The first-order valence-electron chi connectivity index (χ1n) is 11.2. The molecule has 1 N–H and O–H groups in total. The van der Waals surface area contributed by atoms with E-state index in [9.17, 15) is 14.0 Å². The molecule has 2 heterocycles. The predicted molar refractivity (Wildman–Crippen MR) is 147 cm³/mol. The zero-order valence-electron chi connectivity index (χ0n) is 20.2. The molecule has 4 rings (SSSR count). The summed E-state index contributed by atoms with van der Waals surface area (Å²) >= 11 is 14.4. The number of hydrogen-bond donors (Lipinski definition) is 1. The van der Waals surface area contributed by atoms with Crippen LogP contribution in [0.1, 0.15) is 23.1 Å². The van der Waals surface area contributed by atoms with Gasteiger partial charge in [0.2, 0.25) is 5.91 Å². The Balaban J connectivity index is 1.43. The van der Waals surface area contributed by atoms with E-state index in [0.29, 0.717) is 38.9 Å². The minimum Gasteiger partial charge on any atom is -0.484 e. The van der Waals surface area contributed by atoms with Crippen molar-refractivity contribution in [3.8, 4) is 16.9 Å². The number of anilines is 1. The molecule has 1 amide bonds. The van der Waals surface area contributed by atoms with Crippen molar-refractivity contribution in [1.82, 2.24) is 14.8 Å². The molecular weight excluding hydrogens is 574 g/mol. The summed E-state index contributed by atoms with van der Waals surface area (Å²) in [4.78, 5) is 25.3. The lowest BCUT2D eigenvalue weighted by atomic mass is 10.0. The normalized spacial score (nSPS) is 10.9. The summed E-state index contributed by atoms with van der Waals surface area (Å²) in [5.41, 5.74) is 1.68. The molecule has 0 bridgehead atoms. The second kappa shape index (κ2) is 12.6. The Morgan fingerprint density at radius 3 is 2.61 bits per heavy atom. The summed E-state index contributed by atoms with van der Waals surface area (Å²) in [6.07, 6.45) is 0. The van der Waals surface area contributed by atoms with Gasteiger partial charge >= 0.3 is 5.97 Å². The molecule has 0 fully saturated rings. The number of ether oxygens (including phenoxy) is 2. The first-order valence-corrected chi connectivity index (χ1v) is 13.8. The van der Waals surface area contributed by atoms with Gasteiger partial charge < -0.3 is 19.4 Å². The maximum Gasteiger partial charge on any atom is 0.341 e. The molecule has 0 aliphatic carbocycles. The zero-order valence-corrected chi connectivity index (χ0v) is 23.3. The van der Waals surface area contributed by atoms with Crippen molar-refractivity contribution in [3.63, 3.8) is 0 Å². The number of thioether (sulfide) groups is 1. The van der Waals surface area contributed by atoms with Gasteiger partial charge in [-0.1, -0.05) is 47.1 Å². The molecule has 0 radical (unpaired) electrons. The van der Waals surface area contributed by atoms with Crippen LogP contribution in [0.5, 0.6) is 5.75 Å². The number of aromatic nitrogens is 3. The topological polar surface area (TPSA) is 95.3 Å². The molecule has 0 saturated carbocycles. The third-order valence-corrected chi connectivity index (χ3v) is 7.69. The van der Waals surface area contributed by atoms with E-state index in [1.54, 1.807) is 34.2 Å². The molecule has 0 atom stereocenters. The van der Waals surface area contributed by atoms with Gasteiger partial charge in [-0.3, -0.25) is 4.79 Å². The van der Waals surface area contributed by atoms with Crippen LogP contribution in [-0.2, 0) is 22.7 Å². The fourth-order valence-corrected chi connectivity index (χ4v) is 5.62. The maximum absolute atomic E-state index is 13.3. The Morgan fingerprint density at radius 1 is 1.16 bits per heavy atom. The lowest BCUT2D eigenvalue weighted by molar-refractivity contribution is -0.113. The number of halogens is 3. The van der Waals surface area contributed by atoms with E-state index < -0.39 is 11.8 Å². The summed E-state index contributed by atoms with van der Waals surface area (Å²) in [5, 5.41) is 14.5. The zero-order chi connectivity index (χ0) is 27.2. The summed E-state index contributed by atoms with van der Waals surface area (Å²) in [6, 6.07) is 10.9. The number of carbonyl (C=O) groups excluding carboxylic acids is 2.